The number of piperidine rings is 1. The van der Waals surface area contributed by atoms with E-state index in [1.54, 1.807) is 6.92 Å². The largest absolute Gasteiger partial charge is 0.330 e. The molecule has 3 unspecified atom stereocenters. The molecule has 2 fully saturated rings. The SMILES string of the molecule is CC(=O)N1C(C(=O)CCl)CCC2CCCCC21. The minimum absolute atomic E-state index is 0.00545. The van der Waals surface area contributed by atoms with Gasteiger partial charge in [-0.3, -0.25) is 9.59 Å². The van der Waals surface area contributed by atoms with Crippen LogP contribution in [0.25, 0.3) is 0 Å². The Kier molecular flexibility index (Phi) is 4.08. The minimum Gasteiger partial charge on any atom is -0.330 e. The van der Waals surface area contributed by atoms with Gasteiger partial charge < -0.3 is 4.90 Å². The quantitative estimate of drug-likeness (QED) is 0.713. The highest BCUT2D eigenvalue weighted by molar-refractivity contribution is 6.28. The number of fused-ring (bicyclic) bond motifs is 1. The third-order valence-electron chi connectivity index (χ3n) is 4.24. The Morgan fingerprint density at radius 3 is 2.53 bits per heavy atom. The maximum Gasteiger partial charge on any atom is 0.220 e. The summed E-state index contributed by atoms with van der Waals surface area (Å²) in [6.07, 6.45) is 6.56. The first-order valence-corrected chi connectivity index (χ1v) is 7.06. The standard InChI is InChI=1S/C13H20ClNO2/c1-9(16)15-11-5-3-2-4-10(11)6-7-12(15)13(17)8-14/h10-12H,2-8H2,1H3. The number of halogens is 1. The number of likely N-dealkylation sites (tertiary alicyclic amines) is 1. The first-order valence-electron chi connectivity index (χ1n) is 6.52. The summed E-state index contributed by atoms with van der Waals surface area (Å²) in [5.41, 5.74) is 0. The fraction of sp³-hybridized carbons (Fsp3) is 0.846. The summed E-state index contributed by atoms with van der Waals surface area (Å²) in [4.78, 5) is 25.5. The van der Waals surface area contributed by atoms with Crippen LogP contribution >= 0.6 is 11.6 Å². The normalized spacial score (nSPS) is 33.1. The van der Waals surface area contributed by atoms with E-state index in [9.17, 15) is 9.59 Å². The van der Waals surface area contributed by atoms with E-state index >= 15 is 0 Å². The molecule has 0 aromatic carbocycles. The number of Topliss-reactive ketones (excluding diaryl/α,β-unsaturated/α-hetero) is 1. The van der Waals surface area contributed by atoms with Gasteiger partial charge in [-0.25, -0.2) is 0 Å². The van der Waals surface area contributed by atoms with Crippen molar-refractivity contribution in [3.05, 3.63) is 0 Å². The lowest BCUT2D eigenvalue weighted by Crippen LogP contribution is -2.57. The summed E-state index contributed by atoms with van der Waals surface area (Å²) in [7, 11) is 0. The number of ketones is 1. The number of hydrogen-bond donors (Lipinski definition) is 0. The number of amides is 1. The van der Waals surface area contributed by atoms with Crippen molar-refractivity contribution >= 4 is 23.3 Å². The summed E-state index contributed by atoms with van der Waals surface area (Å²) in [6, 6.07) is 0.0246. The van der Waals surface area contributed by atoms with E-state index in [0.717, 1.165) is 19.3 Å². The molecule has 0 radical (unpaired) electrons. The Morgan fingerprint density at radius 2 is 1.88 bits per heavy atom. The van der Waals surface area contributed by atoms with E-state index in [4.69, 9.17) is 11.6 Å². The zero-order valence-corrected chi connectivity index (χ0v) is 11.1. The molecule has 1 aliphatic heterocycles. The first-order chi connectivity index (χ1) is 8.15. The number of hydrogen-bond acceptors (Lipinski definition) is 2. The number of carbonyl (C=O) groups excluding carboxylic acids is 2. The third kappa shape index (κ3) is 2.49. The number of carbonyl (C=O) groups is 2. The lowest BCUT2D eigenvalue weighted by Gasteiger charge is -2.47. The molecule has 0 aromatic heterocycles. The van der Waals surface area contributed by atoms with Crippen molar-refractivity contribution in [3.63, 3.8) is 0 Å². The van der Waals surface area contributed by atoms with Gasteiger partial charge in [-0.1, -0.05) is 12.8 Å². The molecule has 1 saturated carbocycles. The first kappa shape index (κ1) is 12.9. The zero-order valence-electron chi connectivity index (χ0n) is 10.3. The van der Waals surface area contributed by atoms with E-state index in [0.29, 0.717) is 5.92 Å². The molecule has 1 amide bonds. The Labute approximate surface area is 107 Å². The predicted octanol–water partition coefficient (Wildman–Crippen LogP) is 2.36. The van der Waals surface area contributed by atoms with Gasteiger partial charge in [0.2, 0.25) is 5.91 Å². The second-order valence-electron chi connectivity index (χ2n) is 5.23. The van der Waals surface area contributed by atoms with Gasteiger partial charge in [0.15, 0.2) is 5.78 Å². The van der Waals surface area contributed by atoms with Crippen LogP contribution in [0, 0.1) is 5.92 Å². The van der Waals surface area contributed by atoms with Crippen LogP contribution in [0.4, 0.5) is 0 Å². The van der Waals surface area contributed by atoms with Crippen LogP contribution in [-0.2, 0) is 9.59 Å². The second kappa shape index (κ2) is 5.38. The molecule has 0 bridgehead atoms. The highest BCUT2D eigenvalue weighted by Gasteiger charge is 2.41. The molecule has 17 heavy (non-hydrogen) atoms. The molecule has 0 N–H and O–H groups in total. The molecule has 1 heterocycles. The summed E-state index contributed by atoms with van der Waals surface area (Å²) in [6.45, 7) is 1.57. The van der Waals surface area contributed by atoms with Crippen LogP contribution in [0.3, 0.4) is 0 Å². The van der Waals surface area contributed by atoms with Crippen LogP contribution in [-0.4, -0.2) is 34.6 Å². The molecular formula is C13H20ClNO2. The Hall–Kier alpha value is -0.570. The van der Waals surface area contributed by atoms with Crippen molar-refractivity contribution in [1.29, 1.82) is 0 Å². The van der Waals surface area contributed by atoms with Crippen LogP contribution in [0.15, 0.2) is 0 Å². The van der Waals surface area contributed by atoms with E-state index in [1.165, 1.54) is 19.3 Å². The maximum absolute atomic E-state index is 11.8. The molecule has 1 aliphatic carbocycles. The topological polar surface area (TPSA) is 37.4 Å². The molecule has 3 nitrogen and oxygen atoms in total. The summed E-state index contributed by atoms with van der Waals surface area (Å²) in [5, 5.41) is 0. The zero-order chi connectivity index (χ0) is 12.4. The van der Waals surface area contributed by atoms with Gasteiger partial charge in [0.05, 0.1) is 11.9 Å². The predicted molar refractivity (Wildman–Crippen MR) is 67.0 cm³/mol. The van der Waals surface area contributed by atoms with Crippen molar-refractivity contribution in [3.8, 4) is 0 Å². The summed E-state index contributed by atoms with van der Waals surface area (Å²) < 4.78 is 0. The van der Waals surface area contributed by atoms with Crippen LogP contribution in [0.1, 0.15) is 45.4 Å². The molecular weight excluding hydrogens is 238 g/mol. The van der Waals surface area contributed by atoms with E-state index in [2.05, 4.69) is 0 Å². The Balaban J connectivity index is 2.19. The van der Waals surface area contributed by atoms with Gasteiger partial charge in [-0.05, 0) is 31.6 Å². The average Bonchev–Trinajstić information content (AvgIpc) is 2.36. The monoisotopic (exact) mass is 257 g/mol. The van der Waals surface area contributed by atoms with E-state index in [-0.39, 0.29) is 29.7 Å². The lowest BCUT2D eigenvalue weighted by atomic mass is 9.75. The molecule has 2 rings (SSSR count). The molecule has 3 atom stereocenters. The van der Waals surface area contributed by atoms with Crippen molar-refractivity contribution in [2.45, 2.75) is 57.5 Å². The van der Waals surface area contributed by atoms with Crippen LogP contribution in [0.5, 0.6) is 0 Å². The highest BCUT2D eigenvalue weighted by atomic mass is 35.5. The van der Waals surface area contributed by atoms with Crippen molar-refractivity contribution < 1.29 is 9.59 Å². The number of nitrogens with zero attached hydrogens (tertiary/aromatic N) is 1. The van der Waals surface area contributed by atoms with E-state index in [1.807, 2.05) is 4.90 Å². The Bertz CT molecular complexity index is 319. The number of rotatable bonds is 2. The Morgan fingerprint density at radius 1 is 1.18 bits per heavy atom. The van der Waals surface area contributed by atoms with E-state index < -0.39 is 0 Å². The average molecular weight is 258 g/mol. The fourth-order valence-electron chi connectivity index (χ4n) is 3.49. The van der Waals surface area contributed by atoms with Crippen LogP contribution < -0.4 is 0 Å². The third-order valence-corrected chi connectivity index (χ3v) is 4.50. The van der Waals surface area contributed by atoms with Gasteiger partial charge in [0.25, 0.3) is 0 Å². The van der Waals surface area contributed by atoms with Crippen molar-refractivity contribution in [2.24, 2.45) is 5.92 Å². The maximum atomic E-state index is 11.8. The summed E-state index contributed by atoms with van der Waals surface area (Å²) in [5.74, 6) is 0.661. The van der Waals surface area contributed by atoms with Crippen LogP contribution in [0.2, 0.25) is 0 Å². The lowest BCUT2D eigenvalue weighted by molar-refractivity contribution is -0.145. The van der Waals surface area contributed by atoms with Crippen molar-refractivity contribution in [2.75, 3.05) is 5.88 Å². The highest BCUT2D eigenvalue weighted by Crippen LogP contribution is 2.38. The van der Waals surface area contributed by atoms with Gasteiger partial charge in [-0.2, -0.15) is 0 Å². The minimum atomic E-state index is -0.260. The molecule has 4 heteroatoms. The van der Waals surface area contributed by atoms with Crippen molar-refractivity contribution in [1.82, 2.24) is 4.90 Å². The number of alkyl halides is 1. The van der Waals surface area contributed by atoms with Gasteiger partial charge in [-0.15, -0.1) is 11.6 Å². The van der Waals surface area contributed by atoms with Gasteiger partial charge in [0.1, 0.15) is 0 Å². The fourth-order valence-corrected chi connectivity index (χ4v) is 3.67. The smallest absolute Gasteiger partial charge is 0.220 e. The van der Waals surface area contributed by atoms with Gasteiger partial charge in [0, 0.05) is 13.0 Å². The molecule has 0 spiro atoms. The molecule has 2 aliphatic rings. The second-order valence-corrected chi connectivity index (χ2v) is 5.50. The summed E-state index contributed by atoms with van der Waals surface area (Å²) >= 11 is 5.64. The van der Waals surface area contributed by atoms with Gasteiger partial charge >= 0.3 is 0 Å². The molecule has 0 aromatic rings. The molecule has 96 valence electrons. The molecule has 1 saturated heterocycles.